The number of ether oxygens (including phenoxy) is 3. The summed E-state index contributed by atoms with van der Waals surface area (Å²) in [5, 5.41) is 0. The largest absolute Gasteiger partial charge is 0.462 e. The standard InChI is InChI=1S/C66H124O6/c1-4-7-10-13-16-18-20-22-24-26-28-29-30-31-32-33-34-35-36-37-38-40-41-43-45-47-50-53-56-59-65(68)71-62-63(61-70-64(67)58-55-52-49-15-12-9-6-3)72-66(69)60-57-54-51-48-46-44-42-39-27-25-23-21-19-17-14-11-8-5-2/h20,22,26,28,63H,4-19,21,23-25,27,29-62H2,1-3H3/b22-20-,28-26-. The highest BCUT2D eigenvalue weighted by molar-refractivity contribution is 5.71. The number of allylic oxidation sites excluding steroid dienone is 4. The first-order valence-electron chi connectivity index (χ1n) is 32.3. The molecule has 72 heavy (non-hydrogen) atoms. The normalized spacial score (nSPS) is 12.1. The highest BCUT2D eigenvalue weighted by Gasteiger charge is 2.19. The lowest BCUT2D eigenvalue weighted by Crippen LogP contribution is -2.30. The number of carbonyl (C=O) groups is 3. The van der Waals surface area contributed by atoms with Crippen molar-refractivity contribution in [1.82, 2.24) is 0 Å². The van der Waals surface area contributed by atoms with E-state index in [0.29, 0.717) is 19.3 Å². The van der Waals surface area contributed by atoms with Gasteiger partial charge in [-0.1, -0.05) is 315 Å². The Kier molecular flexibility index (Phi) is 59.6. The van der Waals surface area contributed by atoms with Gasteiger partial charge in [-0.3, -0.25) is 14.4 Å². The van der Waals surface area contributed by atoms with Crippen molar-refractivity contribution in [3.8, 4) is 0 Å². The first-order chi connectivity index (χ1) is 35.5. The predicted octanol–water partition coefficient (Wildman–Crippen LogP) is 21.8. The Morgan fingerprint density at radius 2 is 0.500 bits per heavy atom. The fourth-order valence-electron chi connectivity index (χ4n) is 9.83. The van der Waals surface area contributed by atoms with Crippen LogP contribution in [0, 0.1) is 0 Å². The van der Waals surface area contributed by atoms with Crippen LogP contribution in [0.2, 0.25) is 0 Å². The van der Waals surface area contributed by atoms with Crippen LogP contribution in [0.3, 0.4) is 0 Å². The van der Waals surface area contributed by atoms with E-state index in [1.165, 1.54) is 257 Å². The van der Waals surface area contributed by atoms with Gasteiger partial charge in [0, 0.05) is 19.3 Å². The molecule has 1 unspecified atom stereocenters. The molecule has 0 rings (SSSR count). The van der Waals surface area contributed by atoms with E-state index in [2.05, 4.69) is 45.1 Å². The molecular formula is C66H124O6. The summed E-state index contributed by atoms with van der Waals surface area (Å²) in [6.45, 7) is 6.65. The zero-order valence-electron chi connectivity index (χ0n) is 48.7. The first-order valence-corrected chi connectivity index (χ1v) is 32.3. The fourth-order valence-corrected chi connectivity index (χ4v) is 9.83. The third-order valence-electron chi connectivity index (χ3n) is 14.7. The predicted molar refractivity (Wildman–Crippen MR) is 312 cm³/mol. The van der Waals surface area contributed by atoms with E-state index in [1.807, 2.05) is 0 Å². The molecule has 0 fully saturated rings. The van der Waals surface area contributed by atoms with Crippen molar-refractivity contribution in [3.05, 3.63) is 24.3 Å². The molecule has 0 aromatic carbocycles. The quantitative estimate of drug-likeness (QED) is 0.0261. The molecule has 424 valence electrons. The van der Waals surface area contributed by atoms with E-state index < -0.39 is 6.10 Å². The maximum absolute atomic E-state index is 12.8. The Bertz CT molecular complexity index is 1160. The number of rotatable bonds is 60. The Morgan fingerprint density at radius 1 is 0.278 bits per heavy atom. The summed E-state index contributed by atoms with van der Waals surface area (Å²) in [7, 11) is 0. The van der Waals surface area contributed by atoms with Crippen LogP contribution in [-0.2, 0) is 28.6 Å². The topological polar surface area (TPSA) is 78.9 Å². The smallest absolute Gasteiger partial charge is 0.306 e. The Labute approximate surface area is 449 Å². The van der Waals surface area contributed by atoms with Crippen molar-refractivity contribution in [3.63, 3.8) is 0 Å². The molecule has 0 aromatic heterocycles. The zero-order valence-corrected chi connectivity index (χ0v) is 48.7. The minimum absolute atomic E-state index is 0.0648. The van der Waals surface area contributed by atoms with Crippen molar-refractivity contribution in [2.75, 3.05) is 13.2 Å². The van der Waals surface area contributed by atoms with Crippen molar-refractivity contribution in [2.24, 2.45) is 0 Å². The second kappa shape index (κ2) is 61.4. The zero-order chi connectivity index (χ0) is 52.2. The number of unbranched alkanes of at least 4 members (excludes halogenated alkanes) is 45. The highest BCUT2D eigenvalue weighted by atomic mass is 16.6. The van der Waals surface area contributed by atoms with E-state index in [0.717, 1.165) is 64.2 Å². The molecule has 0 saturated carbocycles. The van der Waals surface area contributed by atoms with E-state index in [-0.39, 0.29) is 31.1 Å². The van der Waals surface area contributed by atoms with Crippen LogP contribution < -0.4 is 0 Å². The maximum atomic E-state index is 12.8. The van der Waals surface area contributed by atoms with Gasteiger partial charge in [0.25, 0.3) is 0 Å². The minimum Gasteiger partial charge on any atom is -0.462 e. The van der Waals surface area contributed by atoms with Crippen molar-refractivity contribution < 1.29 is 28.6 Å². The van der Waals surface area contributed by atoms with Gasteiger partial charge in [0.05, 0.1) is 0 Å². The summed E-state index contributed by atoms with van der Waals surface area (Å²) in [5.74, 6) is -0.846. The van der Waals surface area contributed by atoms with Gasteiger partial charge in [-0.25, -0.2) is 0 Å². The average Bonchev–Trinajstić information content (AvgIpc) is 3.38. The first kappa shape index (κ1) is 69.9. The van der Waals surface area contributed by atoms with Gasteiger partial charge in [0.1, 0.15) is 13.2 Å². The van der Waals surface area contributed by atoms with Gasteiger partial charge in [-0.15, -0.1) is 0 Å². The monoisotopic (exact) mass is 1010 g/mol. The molecule has 0 aliphatic rings. The average molecular weight is 1010 g/mol. The van der Waals surface area contributed by atoms with Crippen LogP contribution >= 0.6 is 0 Å². The number of carbonyl (C=O) groups excluding carboxylic acids is 3. The van der Waals surface area contributed by atoms with Gasteiger partial charge in [-0.2, -0.15) is 0 Å². The summed E-state index contributed by atoms with van der Waals surface area (Å²) >= 11 is 0. The number of hydrogen-bond acceptors (Lipinski definition) is 6. The van der Waals surface area contributed by atoms with Crippen LogP contribution in [0.1, 0.15) is 361 Å². The molecule has 0 aliphatic heterocycles. The Balaban J connectivity index is 4.02. The second-order valence-electron chi connectivity index (χ2n) is 22.0. The van der Waals surface area contributed by atoms with Crippen LogP contribution in [-0.4, -0.2) is 37.2 Å². The Hall–Kier alpha value is -2.11. The van der Waals surface area contributed by atoms with Crippen molar-refractivity contribution in [2.45, 2.75) is 367 Å². The van der Waals surface area contributed by atoms with Crippen molar-refractivity contribution in [1.29, 1.82) is 0 Å². The molecule has 0 bridgehead atoms. The van der Waals surface area contributed by atoms with E-state index >= 15 is 0 Å². The van der Waals surface area contributed by atoms with Gasteiger partial charge >= 0.3 is 17.9 Å². The lowest BCUT2D eigenvalue weighted by Gasteiger charge is -2.18. The molecule has 6 heteroatoms. The molecular weight excluding hydrogens is 889 g/mol. The van der Waals surface area contributed by atoms with Gasteiger partial charge < -0.3 is 14.2 Å². The molecule has 6 nitrogen and oxygen atoms in total. The molecule has 1 atom stereocenters. The minimum atomic E-state index is -0.764. The van der Waals surface area contributed by atoms with Gasteiger partial charge in [0.2, 0.25) is 0 Å². The van der Waals surface area contributed by atoms with E-state index in [9.17, 15) is 14.4 Å². The third-order valence-corrected chi connectivity index (χ3v) is 14.7. The molecule has 0 N–H and O–H groups in total. The third kappa shape index (κ3) is 58.8. The number of esters is 3. The van der Waals surface area contributed by atoms with Crippen LogP contribution in [0.25, 0.3) is 0 Å². The maximum Gasteiger partial charge on any atom is 0.306 e. The van der Waals surface area contributed by atoms with Crippen LogP contribution in [0.15, 0.2) is 24.3 Å². The summed E-state index contributed by atoms with van der Waals surface area (Å²) in [6, 6.07) is 0. The number of hydrogen-bond donors (Lipinski definition) is 0. The lowest BCUT2D eigenvalue weighted by molar-refractivity contribution is -0.167. The molecule has 0 amide bonds. The van der Waals surface area contributed by atoms with Crippen LogP contribution in [0.5, 0.6) is 0 Å². The van der Waals surface area contributed by atoms with E-state index in [1.54, 1.807) is 0 Å². The van der Waals surface area contributed by atoms with Crippen molar-refractivity contribution >= 4 is 17.9 Å². The molecule has 0 spiro atoms. The summed E-state index contributed by atoms with van der Waals surface area (Å²) in [5.41, 5.74) is 0. The fraction of sp³-hybridized carbons (Fsp3) is 0.894. The van der Waals surface area contributed by atoms with Gasteiger partial charge in [-0.05, 0) is 51.4 Å². The second-order valence-corrected chi connectivity index (χ2v) is 22.0. The van der Waals surface area contributed by atoms with Crippen LogP contribution in [0.4, 0.5) is 0 Å². The molecule has 0 aliphatic carbocycles. The lowest BCUT2D eigenvalue weighted by atomic mass is 10.0. The summed E-state index contributed by atoms with van der Waals surface area (Å²) in [4.78, 5) is 38.0. The van der Waals surface area contributed by atoms with Gasteiger partial charge in [0.15, 0.2) is 6.10 Å². The molecule has 0 heterocycles. The molecule has 0 radical (unpaired) electrons. The van der Waals surface area contributed by atoms with E-state index in [4.69, 9.17) is 14.2 Å². The Morgan fingerprint density at radius 3 is 0.764 bits per heavy atom. The molecule has 0 aromatic rings. The molecule has 0 saturated heterocycles. The summed E-state index contributed by atoms with van der Waals surface area (Å²) in [6.07, 6.45) is 73.6. The summed E-state index contributed by atoms with van der Waals surface area (Å²) < 4.78 is 16.8. The SMILES string of the molecule is CCCCCCC/C=C\C/C=C\CCCCCCCCCCCCCCCCCCCC(=O)OCC(COC(=O)CCCCCCCCC)OC(=O)CCCCCCCCCCCCCCCCCCCC. The highest BCUT2D eigenvalue weighted by Crippen LogP contribution is 2.18.